The molecule has 0 radical (unpaired) electrons. The summed E-state index contributed by atoms with van der Waals surface area (Å²) in [6, 6.07) is 17.2. The summed E-state index contributed by atoms with van der Waals surface area (Å²) in [6.45, 7) is 6.61. The Bertz CT molecular complexity index is 797. The first-order chi connectivity index (χ1) is 15.7. The predicted octanol–water partition coefficient (Wildman–Crippen LogP) is 5.62. The van der Waals surface area contributed by atoms with E-state index < -0.39 is 14.5 Å². The standard InChI is InChI=1S/C16H20O7P2S.C6H15N/c17-24(18,26)20-13-7-8-14-21-25(19,22-15-9-3-1-4-10-15)23-16-11-5-2-6-12-16;1-4-7(5-2)6-3/h1-6,9-12H,7-8,13-14H2,(H2,17,18,26);4-6H2,1-3H3. The summed E-state index contributed by atoms with van der Waals surface area (Å²) in [5, 5.41) is 0. The van der Waals surface area contributed by atoms with Crippen LogP contribution in [-0.2, 0) is 25.4 Å². The Labute approximate surface area is 202 Å². The molecule has 0 atom stereocenters. The van der Waals surface area contributed by atoms with E-state index in [0.29, 0.717) is 24.3 Å². The van der Waals surface area contributed by atoms with Gasteiger partial charge in [0.05, 0.1) is 13.2 Å². The molecule has 0 aliphatic heterocycles. The average Bonchev–Trinajstić information content (AvgIpc) is 2.78. The Kier molecular flexibility index (Phi) is 14.8. The van der Waals surface area contributed by atoms with Gasteiger partial charge in [0, 0.05) is 0 Å². The number of para-hydroxylation sites is 2. The molecule has 0 aromatic heterocycles. The van der Waals surface area contributed by atoms with Gasteiger partial charge in [0.25, 0.3) is 0 Å². The number of phosphoric ester groups is 1. The molecule has 0 heterocycles. The maximum Gasteiger partial charge on any atom is 0.587 e. The Morgan fingerprint density at radius 2 is 1.15 bits per heavy atom. The van der Waals surface area contributed by atoms with Crippen LogP contribution in [0.15, 0.2) is 60.7 Å². The number of hydrogen-bond donors (Lipinski definition) is 2. The summed E-state index contributed by atoms with van der Waals surface area (Å²) in [5.74, 6) is 0.715. The zero-order valence-electron chi connectivity index (χ0n) is 19.4. The first-order valence-corrected chi connectivity index (χ1v) is 15.0. The Balaban J connectivity index is 0.000000675. The molecule has 186 valence electrons. The molecule has 8 nitrogen and oxygen atoms in total. The lowest BCUT2D eigenvalue weighted by Gasteiger charge is -2.19. The number of unbranched alkanes of at least 4 members (excludes halogenated alkanes) is 1. The van der Waals surface area contributed by atoms with Crippen LogP contribution in [0.1, 0.15) is 33.6 Å². The quantitative estimate of drug-likeness (QED) is 0.243. The second-order valence-electron chi connectivity index (χ2n) is 6.74. The van der Waals surface area contributed by atoms with Gasteiger partial charge in [0.15, 0.2) is 0 Å². The highest BCUT2D eigenvalue weighted by atomic mass is 32.5. The molecule has 0 saturated heterocycles. The molecule has 2 aromatic rings. The monoisotopic (exact) mass is 519 g/mol. The molecule has 0 unspecified atom stereocenters. The van der Waals surface area contributed by atoms with Crippen LogP contribution in [0.2, 0.25) is 0 Å². The number of phosphoric acid groups is 1. The van der Waals surface area contributed by atoms with E-state index in [1.807, 2.05) is 0 Å². The van der Waals surface area contributed by atoms with E-state index >= 15 is 0 Å². The Hall–Kier alpha value is -1.28. The molecule has 2 aromatic carbocycles. The molecular weight excluding hydrogens is 484 g/mol. The highest BCUT2D eigenvalue weighted by molar-refractivity contribution is 8.06. The number of hydrogen-bond acceptors (Lipinski definition) is 7. The van der Waals surface area contributed by atoms with Gasteiger partial charge in [-0.15, -0.1) is 0 Å². The van der Waals surface area contributed by atoms with Crippen LogP contribution in [0.5, 0.6) is 11.5 Å². The molecule has 0 saturated carbocycles. The molecule has 0 fully saturated rings. The molecular formula is C22H35NO7P2S. The van der Waals surface area contributed by atoms with Gasteiger partial charge in [-0.05, 0) is 68.5 Å². The highest BCUT2D eigenvalue weighted by Gasteiger charge is 2.30. The van der Waals surface area contributed by atoms with E-state index in [-0.39, 0.29) is 13.2 Å². The lowest BCUT2D eigenvalue weighted by atomic mass is 10.3. The van der Waals surface area contributed by atoms with Crippen LogP contribution < -0.4 is 9.05 Å². The van der Waals surface area contributed by atoms with Crippen molar-refractivity contribution in [1.82, 2.24) is 4.90 Å². The molecule has 2 N–H and O–H groups in total. The van der Waals surface area contributed by atoms with Gasteiger partial charge in [-0.2, -0.15) is 0 Å². The largest absolute Gasteiger partial charge is 0.587 e. The smallest absolute Gasteiger partial charge is 0.395 e. The summed E-state index contributed by atoms with van der Waals surface area (Å²) in [4.78, 5) is 20.3. The SMILES string of the molecule is CCN(CC)CC.O=P(OCCCCOP(O)(O)=S)(Oc1ccccc1)Oc1ccccc1. The van der Waals surface area contributed by atoms with Crippen molar-refractivity contribution in [3.05, 3.63) is 60.7 Å². The fraction of sp³-hybridized carbons (Fsp3) is 0.455. The number of nitrogens with zero attached hydrogens (tertiary/aromatic N) is 1. The van der Waals surface area contributed by atoms with E-state index in [4.69, 9.17) is 27.9 Å². The normalized spacial score (nSPS) is 11.6. The molecule has 11 heteroatoms. The maximum absolute atomic E-state index is 13.0. The topological polar surface area (TPSA) is 97.7 Å². The summed E-state index contributed by atoms with van der Waals surface area (Å²) in [5.41, 5.74) is 0. The van der Waals surface area contributed by atoms with E-state index in [2.05, 4.69) is 37.5 Å². The van der Waals surface area contributed by atoms with Crippen molar-refractivity contribution in [3.63, 3.8) is 0 Å². The molecule has 2 rings (SSSR count). The summed E-state index contributed by atoms with van der Waals surface area (Å²) in [6.07, 6.45) is 0.881. The van der Waals surface area contributed by atoms with Crippen molar-refractivity contribution in [2.75, 3.05) is 32.8 Å². The predicted molar refractivity (Wildman–Crippen MR) is 135 cm³/mol. The molecule has 0 aliphatic rings. The van der Waals surface area contributed by atoms with Crippen molar-refractivity contribution >= 4 is 26.3 Å². The van der Waals surface area contributed by atoms with Crippen molar-refractivity contribution in [2.45, 2.75) is 33.6 Å². The molecule has 0 aliphatic carbocycles. The minimum Gasteiger partial charge on any atom is -0.395 e. The first kappa shape index (κ1) is 29.8. The van der Waals surface area contributed by atoms with Gasteiger partial charge in [-0.1, -0.05) is 57.2 Å². The fourth-order valence-corrected chi connectivity index (χ4v) is 4.37. The van der Waals surface area contributed by atoms with Gasteiger partial charge in [-0.25, -0.2) is 4.57 Å². The average molecular weight is 520 g/mol. The first-order valence-electron chi connectivity index (χ1n) is 10.9. The summed E-state index contributed by atoms with van der Waals surface area (Å²) in [7, 11) is -3.90. The van der Waals surface area contributed by atoms with Crippen LogP contribution in [0, 0.1) is 0 Å². The van der Waals surface area contributed by atoms with Crippen LogP contribution in [0.4, 0.5) is 0 Å². The second kappa shape index (κ2) is 16.4. The van der Waals surface area contributed by atoms with Crippen LogP contribution in [0.25, 0.3) is 0 Å². The van der Waals surface area contributed by atoms with Gasteiger partial charge < -0.3 is 28.3 Å². The molecule has 0 bridgehead atoms. The highest BCUT2D eigenvalue weighted by Crippen LogP contribution is 2.49. The van der Waals surface area contributed by atoms with Gasteiger partial charge >= 0.3 is 14.5 Å². The van der Waals surface area contributed by atoms with E-state index in [0.717, 1.165) is 0 Å². The van der Waals surface area contributed by atoms with E-state index in [1.54, 1.807) is 60.7 Å². The lowest BCUT2D eigenvalue weighted by Crippen LogP contribution is -2.21. The van der Waals surface area contributed by atoms with Crippen LogP contribution >= 0.6 is 14.5 Å². The van der Waals surface area contributed by atoms with Gasteiger partial charge in [0.1, 0.15) is 11.5 Å². The van der Waals surface area contributed by atoms with Gasteiger partial charge in [0.2, 0.25) is 0 Å². The zero-order valence-corrected chi connectivity index (χ0v) is 22.0. The second-order valence-corrected chi connectivity index (χ2v) is 10.9. The summed E-state index contributed by atoms with van der Waals surface area (Å²) < 4.78 is 34.0. The third-order valence-electron chi connectivity index (χ3n) is 4.31. The Morgan fingerprint density at radius 3 is 1.48 bits per heavy atom. The third kappa shape index (κ3) is 14.6. The Morgan fingerprint density at radius 1 is 0.758 bits per heavy atom. The number of rotatable bonds is 14. The van der Waals surface area contributed by atoms with Crippen molar-refractivity contribution in [2.24, 2.45) is 0 Å². The third-order valence-corrected chi connectivity index (χ3v) is 6.51. The number of benzene rings is 2. The van der Waals surface area contributed by atoms with Crippen molar-refractivity contribution in [3.8, 4) is 11.5 Å². The molecule has 33 heavy (non-hydrogen) atoms. The maximum atomic E-state index is 13.0. The zero-order chi connectivity index (χ0) is 24.6. The fourth-order valence-electron chi connectivity index (χ4n) is 2.53. The van der Waals surface area contributed by atoms with E-state index in [1.165, 1.54) is 19.6 Å². The van der Waals surface area contributed by atoms with Crippen molar-refractivity contribution < 1.29 is 32.4 Å². The molecule has 0 spiro atoms. The minimum absolute atomic E-state index is 0.0665. The summed E-state index contributed by atoms with van der Waals surface area (Å²) >= 11 is 4.35. The van der Waals surface area contributed by atoms with Crippen molar-refractivity contribution in [1.29, 1.82) is 0 Å². The van der Waals surface area contributed by atoms with Crippen LogP contribution in [0.3, 0.4) is 0 Å². The lowest BCUT2D eigenvalue weighted by molar-refractivity contribution is 0.194. The van der Waals surface area contributed by atoms with E-state index in [9.17, 15) is 4.57 Å². The van der Waals surface area contributed by atoms with Gasteiger partial charge in [-0.3, -0.25) is 4.52 Å². The van der Waals surface area contributed by atoms with Crippen LogP contribution in [-0.4, -0.2) is 47.5 Å². The molecule has 0 amide bonds. The minimum atomic E-state index is -3.90.